The highest BCUT2D eigenvalue weighted by Crippen LogP contribution is 2.31. The molecule has 1 heteroatoms. The maximum atomic E-state index is 5.69. The van der Waals surface area contributed by atoms with Crippen LogP contribution in [0.5, 0.6) is 0 Å². The van der Waals surface area contributed by atoms with Crippen molar-refractivity contribution in [2.45, 2.75) is 110 Å². The molecule has 0 saturated carbocycles. The first-order valence-corrected chi connectivity index (χ1v) is 8.54. The summed E-state index contributed by atoms with van der Waals surface area (Å²) in [5, 5.41) is 0. The summed E-state index contributed by atoms with van der Waals surface area (Å²) in [5.74, 6) is 0. The third-order valence-corrected chi connectivity index (χ3v) is 4.12. The standard InChI is InChI=1S/C17H34O/c1-3-5-7-8-9-10-11-12-13-15-17-16(18-17)14-6-4-2/h16-17H,3-15H2,1-2H3. The van der Waals surface area contributed by atoms with Gasteiger partial charge in [-0.1, -0.05) is 84.5 Å². The summed E-state index contributed by atoms with van der Waals surface area (Å²) in [5.41, 5.74) is 0. The van der Waals surface area contributed by atoms with E-state index in [1.165, 1.54) is 83.5 Å². The molecule has 0 aromatic rings. The van der Waals surface area contributed by atoms with E-state index >= 15 is 0 Å². The fourth-order valence-electron chi connectivity index (χ4n) is 2.75. The second-order valence-electron chi connectivity index (χ2n) is 5.97. The molecule has 0 aromatic carbocycles. The smallest absolute Gasteiger partial charge is 0.0841 e. The normalized spacial score (nSPS) is 22.3. The van der Waals surface area contributed by atoms with Crippen LogP contribution in [0, 0.1) is 0 Å². The zero-order chi connectivity index (χ0) is 13.1. The third-order valence-electron chi connectivity index (χ3n) is 4.12. The number of hydrogen-bond donors (Lipinski definition) is 0. The van der Waals surface area contributed by atoms with Crippen molar-refractivity contribution >= 4 is 0 Å². The summed E-state index contributed by atoms with van der Waals surface area (Å²) in [7, 11) is 0. The topological polar surface area (TPSA) is 12.5 Å². The third kappa shape index (κ3) is 8.13. The van der Waals surface area contributed by atoms with E-state index < -0.39 is 0 Å². The van der Waals surface area contributed by atoms with E-state index in [0.29, 0.717) is 12.2 Å². The van der Waals surface area contributed by atoms with Gasteiger partial charge in [0.15, 0.2) is 0 Å². The molecule has 1 aliphatic heterocycles. The van der Waals surface area contributed by atoms with Crippen LogP contribution in [0.15, 0.2) is 0 Å². The van der Waals surface area contributed by atoms with Crippen molar-refractivity contribution in [1.82, 2.24) is 0 Å². The molecule has 0 aliphatic carbocycles. The summed E-state index contributed by atoms with van der Waals surface area (Å²) in [6.07, 6.45) is 19.4. The van der Waals surface area contributed by atoms with Crippen LogP contribution in [0.1, 0.15) is 97.3 Å². The molecule has 0 spiro atoms. The van der Waals surface area contributed by atoms with Crippen molar-refractivity contribution in [3.05, 3.63) is 0 Å². The van der Waals surface area contributed by atoms with Crippen LogP contribution in [0.2, 0.25) is 0 Å². The van der Waals surface area contributed by atoms with Crippen LogP contribution < -0.4 is 0 Å². The van der Waals surface area contributed by atoms with Gasteiger partial charge in [0.25, 0.3) is 0 Å². The van der Waals surface area contributed by atoms with Gasteiger partial charge in [0, 0.05) is 0 Å². The Kier molecular flexibility index (Phi) is 9.65. The molecular weight excluding hydrogens is 220 g/mol. The van der Waals surface area contributed by atoms with Gasteiger partial charge in [-0.05, 0) is 12.8 Å². The molecule has 0 amide bonds. The van der Waals surface area contributed by atoms with E-state index in [0.717, 1.165) is 0 Å². The monoisotopic (exact) mass is 254 g/mol. The maximum absolute atomic E-state index is 5.69. The lowest BCUT2D eigenvalue weighted by Gasteiger charge is -2.01. The molecule has 108 valence electrons. The first-order valence-electron chi connectivity index (χ1n) is 8.54. The highest BCUT2D eigenvalue weighted by Gasteiger charge is 2.36. The molecular formula is C17H34O. The van der Waals surface area contributed by atoms with E-state index in [2.05, 4.69) is 13.8 Å². The summed E-state index contributed by atoms with van der Waals surface area (Å²) >= 11 is 0. The van der Waals surface area contributed by atoms with Crippen molar-refractivity contribution in [3.8, 4) is 0 Å². The van der Waals surface area contributed by atoms with Gasteiger partial charge in [-0.2, -0.15) is 0 Å². The number of ether oxygens (including phenoxy) is 1. The van der Waals surface area contributed by atoms with Crippen molar-refractivity contribution in [3.63, 3.8) is 0 Å². The first-order chi connectivity index (χ1) is 8.88. The van der Waals surface area contributed by atoms with E-state index in [4.69, 9.17) is 4.74 Å². The van der Waals surface area contributed by atoms with Crippen molar-refractivity contribution in [2.24, 2.45) is 0 Å². The highest BCUT2D eigenvalue weighted by atomic mass is 16.6. The van der Waals surface area contributed by atoms with Crippen molar-refractivity contribution in [1.29, 1.82) is 0 Å². The lowest BCUT2D eigenvalue weighted by molar-refractivity contribution is 0.349. The number of unbranched alkanes of at least 4 members (excludes halogenated alkanes) is 9. The number of hydrogen-bond acceptors (Lipinski definition) is 1. The average Bonchev–Trinajstić information content (AvgIpc) is 3.13. The zero-order valence-corrected chi connectivity index (χ0v) is 12.8. The lowest BCUT2D eigenvalue weighted by Crippen LogP contribution is -1.94. The molecule has 0 aromatic heterocycles. The minimum absolute atomic E-state index is 0.638. The van der Waals surface area contributed by atoms with Gasteiger partial charge in [0.2, 0.25) is 0 Å². The molecule has 18 heavy (non-hydrogen) atoms. The number of rotatable bonds is 13. The van der Waals surface area contributed by atoms with Crippen LogP contribution in [0.4, 0.5) is 0 Å². The maximum Gasteiger partial charge on any atom is 0.0841 e. The van der Waals surface area contributed by atoms with E-state index in [1.807, 2.05) is 0 Å². The minimum Gasteiger partial charge on any atom is -0.370 e. The molecule has 1 heterocycles. The Morgan fingerprint density at radius 3 is 1.56 bits per heavy atom. The predicted molar refractivity (Wildman–Crippen MR) is 80.0 cm³/mol. The Balaban J connectivity index is 1.72. The second kappa shape index (κ2) is 10.8. The summed E-state index contributed by atoms with van der Waals surface area (Å²) in [4.78, 5) is 0. The summed E-state index contributed by atoms with van der Waals surface area (Å²) in [6, 6.07) is 0. The summed E-state index contributed by atoms with van der Waals surface area (Å²) in [6.45, 7) is 4.55. The van der Waals surface area contributed by atoms with E-state index in [1.54, 1.807) is 0 Å². The molecule has 0 bridgehead atoms. The van der Waals surface area contributed by atoms with Gasteiger partial charge >= 0.3 is 0 Å². The Bertz CT molecular complexity index is 178. The van der Waals surface area contributed by atoms with Gasteiger partial charge in [-0.15, -0.1) is 0 Å². The summed E-state index contributed by atoms with van der Waals surface area (Å²) < 4.78 is 5.69. The SMILES string of the molecule is CCCCCCCCCCCC1OC1CCCC. The van der Waals surface area contributed by atoms with E-state index in [-0.39, 0.29) is 0 Å². The molecule has 1 saturated heterocycles. The molecule has 2 unspecified atom stereocenters. The van der Waals surface area contributed by atoms with Gasteiger partial charge in [0.05, 0.1) is 12.2 Å². The number of epoxide rings is 1. The molecule has 1 nitrogen and oxygen atoms in total. The van der Waals surface area contributed by atoms with Gasteiger partial charge < -0.3 is 4.74 Å². The van der Waals surface area contributed by atoms with Crippen LogP contribution in [-0.4, -0.2) is 12.2 Å². The van der Waals surface area contributed by atoms with Gasteiger partial charge in [-0.25, -0.2) is 0 Å². The predicted octanol–water partition coefficient (Wildman–Crippen LogP) is 5.86. The Morgan fingerprint density at radius 1 is 0.556 bits per heavy atom. The van der Waals surface area contributed by atoms with Crippen molar-refractivity contribution in [2.75, 3.05) is 0 Å². The van der Waals surface area contributed by atoms with Crippen LogP contribution in [-0.2, 0) is 4.74 Å². The Hall–Kier alpha value is -0.0400. The van der Waals surface area contributed by atoms with Crippen LogP contribution in [0.3, 0.4) is 0 Å². The quantitative estimate of drug-likeness (QED) is 0.296. The van der Waals surface area contributed by atoms with E-state index in [9.17, 15) is 0 Å². The fourth-order valence-corrected chi connectivity index (χ4v) is 2.75. The molecule has 1 aliphatic rings. The van der Waals surface area contributed by atoms with Crippen LogP contribution >= 0.6 is 0 Å². The van der Waals surface area contributed by atoms with Crippen molar-refractivity contribution < 1.29 is 4.74 Å². The molecule has 0 N–H and O–H groups in total. The Labute approximate surface area is 115 Å². The lowest BCUT2D eigenvalue weighted by atomic mass is 10.0. The van der Waals surface area contributed by atoms with Gasteiger partial charge in [-0.3, -0.25) is 0 Å². The molecule has 2 atom stereocenters. The first kappa shape index (κ1) is 16.0. The average molecular weight is 254 g/mol. The molecule has 1 fully saturated rings. The largest absolute Gasteiger partial charge is 0.370 e. The van der Waals surface area contributed by atoms with Gasteiger partial charge in [0.1, 0.15) is 0 Å². The minimum atomic E-state index is 0.638. The highest BCUT2D eigenvalue weighted by molar-refractivity contribution is 4.84. The second-order valence-corrected chi connectivity index (χ2v) is 5.97. The molecule has 0 radical (unpaired) electrons. The fraction of sp³-hybridized carbons (Fsp3) is 1.00. The zero-order valence-electron chi connectivity index (χ0n) is 12.8. The molecule has 1 rings (SSSR count). The van der Waals surface area contributed by atoms with Crippen LogP contribution in [0.25, 0.3) is 0 Å². The Morgan fingerprint density at radius 2 is 1.00 bits per heavy atom.